The van der Waals surface area contributed by atoms with E-state index in [0.29, 0.717) is 5.95 Å². The van der Waals surface area contributed by atoms with Crippen LogP contribution in [-0.4, -0.2) is 24.9 Å². The molecule has 2 N–H and O–H groups in total. The molecule has 0 unspecified atom stereocenters. The normalized spacial score (nSPS) is 12.5. The molecule has 1 heterocycles. The molecule has 0 radical (unpaired) electrons. The maximum absolute atomic E-state index is 6.31. The summed E-state index contributed by atoms with van der Waals surface area (Å²) >= 11 is 0. The Balaban J connectivity index is 1.73. The summed E-state index contributed by atoms with van der Waals surface area (Å²) in [5.74, 6) is 0.295. The lowest BCUT2D eigenvalue weighted by Gasteiger charge is -2.36. The summed E-state index contributed by atoms with van der Waals surface area (Å²) in [5, 5.41) is 2.69. The quantitative estimate of drug-likeness (QED) is 0.599. The van der Waals surface area contributed by atoms with Crippen LogP contribution < -0.4 is 5.73 Å². The first-order valence-electron chi connectivity index (χ1n) is 9.40. The van der Waals surface area contributed by atoms with E-state index in [4.69, 9.17) is 10.2 Å². The smallest absolute Gasteiger partial charge is 0.219 e. The maximum Gasteiger partial charge on any atom is 0.219 e. The molecule has 0 saturated heterocycles. The molecule has 1 aromatic heterocycles. The van der Waals surface area contributed by atoms with Crippen molar-refractivity contribution in [1.82, 2.24) is 9.97 Å². The Hall–Kier alpha value is -2.24. The second-order valence-corrected chi connectivity index (χ2v) is 13.4. The predicted molar refractivity (Wildman–Crippen MR) is 116 cm³/mol. The molecular formula is C22H29N3OSi. The van der Waals surface area contributed by atoms with Crippen molar-refractivity contribution in [2.75, 3.05) is 12.3 Å². The van der Waals surface area contributed by atoms with Gasteiger partial charge in [-0.3, -0.25) is 0 Å². The minimum atomic E-state index is -1.68. The van der Waals surface area contributed by atoms with Crippen LogP contribution in [0.15, 0.2) is 48.8 Å². The van der Waals surface area contributed by atoms with Crippen LogP contribution in [0.2, 0.25) is 18.1 Å². The van der Waals surface area contributed by atoms with Crippen LogP contribution in [0.1, 0.15) is 26.3 Å². The first kappa shape index (κ1) is 19.5. The molecule has 0 aliphatic heterocycles. The summed E-state index contributed by atoms with van der Waals surface area (Å²) in [7, 11) is -1.68. The van der Waals surface area contributed by atoms with Crippen molar-refractivity contribution in [3.63, 3.8) is 0 Å². The molecule has 2 aromatic carbocycles. The minimum absolute atomic E-state index is 0.249. The number of hydrogen-bond acceptors (Lipinski definition) is 4. The fourth-order valence-electron chi connectivity index (χ4n) is 2.76. The third-order valence-corrected chi connectivity index (χ3v) is 10.1. The third kappa shape index (κ3) is 4.54. The summed E-state index contributed by atoms with van der Waals surface area (Å²) < 4.78 is 6.31. The second-order valence-electron chi connectivity index (χ2n) is 8.58. The maximum atomic E-state index is 6.31. The lowest BCUT2D eigenvalue weighted by atomic mass is 10.0. The van der Waals surface area contributed by atoms with Gasteiger partial charge < -0.3 is 10.2 Å². The highest BCUT2D eigenvalue weighted by Gasteiger charge is 2.36. The summed E-state index contributed by atoms with van der Waals surface area (Å²) in [6, 6.07) is 13.1. The Morgan fingerprint density at radius 2 is 1.56 bits per heavy atom. The third-order valence-electron chi connectivity index (χ3n) is 5.57. The van der Waals surface area contributed by atoms with Gasteiger partial charge >= 0.3 is 0 Å². The van der Waals surface area contributed by atoms with E-state index in [1.807, 2.05) is 0 Å². The van der Waals surface area contributed by atoms with Gasteiger partial charge in [-0.05, 0) is 52.5 Å². The number of aromatic nitrogens is 2. The molecule has 0 atom stereocenters. The van der Waals surface area contributed by atoms with Gasteiger partial charge in [0.15, 0.2) is 8.32 Å². The minimum Gasteiger partial charge on any atom is -0.416 e. The average Bonchev–Trinajstić information content (AvgIpc) is 2.61. The van der Waals surface area contributed by atoms with Gasteiger partial charge in [-0.15, -0.1) is 0 Å². The molecule has 0 fully saturated rings. The topological polar surface area (TPSA) is 61.0 Å². The van der Waals surface area contributed by atoms with Gasteiger partial charge in [0.1, 0.15) is 0 Å². The number of nitrogen functional groups attached to an aromatic ring is 1. The monoisotopic (exact) mass is 379 g/mol. The van der Waals surface area contributed by atoms with Gasteiger partial charge in [-0.1, -0.05) is 51.1 Å². The largest absolute Gasteiger partial charge is 0.416 e. The van der Waals surface area contributed by atoms with E-state index in [0.717, 1.165) is 24.2 Å². The molecular weight excluding hydrogens is 350 g/mol. The molecule has 5 heteroatoms. The molecule has 0 spiro atoms. The molecule has 0 aliphatic rings. The summed E-state index contributed by atoms with van der Waals surface area (Å²) in [5.41, 5.74) is 8.95. The van der Waals surface area contributed by atoms with Gasteiger partial charge in [0, 0.05) is 24.6 Å². The zero-order chi connectivity index (χ0) is 19.7. The van der Waals surface area contributed by atoms with E-state index in [1.54, 1.807) is 12.4 Å². The fraction of sp³-hybridized carbons (Fsp3) is 0.364. The van der Waals surface area contributed by atoms with Crippen LogP contribution in [0.25, 0.3) is 21.9 Å². The average molecular weight is 380 g/mol. The first-order valence-corrected chi connectivity index (χ1v) is 12.3. The molecule has 0 bridgehead atoms. The standard InChI is InChI=1S/C22H29N3OSi/c1-22(2,3)27(4,5)26-11-10-16-6-7-18-13-19(9-8-17(18)12-16)20-14-24-21(23)25-15-20/h6-9,12-15H,10-11H2,1-5H3,(H2,23,24,25). The Morgan fingerprint density at radius 3 is 2.22 bits per heavy atom. The van der Waals surface area contributed by atoms with E-state index < -0.39 is 8.32 Å². The van der Waals surface area contributed by atoms with Crippen molar-refractivity contribution in [1.29, 1.82) is 0 Å². The number of anilines is 1. The molecule has 0 amide bonds. The van der Waals surface area contributed by atoms with E-state index >= 15 is 0 Å². The Labute approximate surface area is 162 Å². The van der Waals surface area contributed by atoms with Crippen molar-refractivity contribution < 1.29 is 4.43 Å². The number of hydrogen-bond donors (Lipinski definition) is 1. The van der Waals surface area contributed by atoms with Crippen molar-refractivity contribution in [2.24, 2.45) is 0 Å². The lowest BCUT2D eigenvalue weighted by Crippen LogP contribution is -2.41. The van der Waals surface area contributed by atoms with E-state index in [1.165, 1.54) is 16.3 Å². The van der Waals surface area contributed by atoms with Crippen molar-refractivity contribution >= 4 is 25.0 Å². The highest BCUT2D eigenvalue weighted by molar-refractivity contribution is 6.74. The second kappa shape index (κ2) is 7.41. The van der Waals surface area contributed by atoms with E-state index in [-0.39, 0.29) is 5.04 Å². The van der Waals surface area contributed by atoms with Crippen LogP contribution in [0, 0.1) is 0 Å². The SMILES string of the molecule is CC(C)(C)[Si](C)(C)OCCc1ccc2cc(-c3cnc(N)nc3)ccc2c1. The number of fused-ring (bicyclic) bond motifs is 1. The number of nitrogens with two attached hydrogens (primary N) is 1. The van der Waals surface area contributed by atoms with Crippen molar-refractivity contribution in [3.8, 4) is 11.1 Å². The number of nitrogens with zero attached hydrogens (tertiary/aromatic N) is 2. The highest BCUT2D eigenvalue weighted by atomic mass is 28.4. The number of rotatable bonds is 5. The van der Waals surface area contributed by atoms with Gasteiger partial charge in [0.25, 0.3) is 0 Å². The van der Waals surface area contributed by atoms with Crippen molar-refractivity contribution in [3.05, 3.63) is 54.4 Å². The Kier molecular flexibility index (Phi) is 5.35. The van der Waals surface area contributed by atoms with Gasteiger partial charge in [0.2, 0.25) is 5.95 Å². The Bertz CT molecular complexity index is 930. The van der Waals surface area contributed by atoms with Crippen LogP contribution in [0.4, 0.5) is 5.95 Å². The zero-order valence-corrected chi connectivity index (χ0v) is 17.9. The molecule has 27 heavy (non-hydrogen) atoms. The number of benzene rings is 2. The Morgan fingerprint density at radius 1 is 0.926 bits per heavy atom. The fourth-order valence-corrected chi connectivity index (χ4v) is 3.80. The molecule has 4 nitrogen and oxygen atoms in total. The summed E-state index contributed by atoms with van der Waals surface area (Å²) in [6.45, 7) is 12.2. The molecule has 142 valence electrons. The molecule has 0 saturated carbocycles. The van der Waals surface area contributed by atoms with E-state index in [9.17, 15) is 0 Å². The van der Waals surface area contributed by atoms with Gasteiger partial charge in [-0.25, -0.2) is 9.97 Å². The molecule has 3 aromatic rings. The molecule has 0 aliphatic carbocycles. The lowest BCUT2D eigenvalue weighted by molar-refractivity contribution is 0.292. The predicted octanol–water partition coefficient (Wildman–Crippen LogP) is 5.44. The zero-order valence-electron chi connectivity index (χ0n) is 16.9. The van der Waals surface area contributed by atoms with E-state index in [2.05, 4.69) is 80.2 Å². The molecule has 3 rings (SSSR count). The first-order chi connectivity index (χ1) is 12.7. The van der Waals surface area contributed by atoms with Crippen LogP contribution in [0.5, 0.6) is 0 Å². The van der Waals surface area contributed by atoms with Gasteiger partial charge in [0.05, 0.1) is 0 Å². The summed E-state index contributed by atoms with van der Waals surface area (Å²) in [6.07, 6.45) is 4.46. The van der Waals surface area contributed by atoms with Crippen LogP contribution >= 0.6 is 0 Å². The highest BCUT2D eigenvalue weighted by Crippen LogP contribution is 2.36. The van der Waals surface area contributed by atoms with Gasteiger partial charge in [-0.2, -0.15) is 0 Å². The van der Waals surface area contributed by atoms with Crippen molar-refractivity contribution in [2.45, 2.75) is 45.3 Å². The van der Waals surface area contributed by atoms with Crippen LogP contribution in [-0.2, 0) is 10.8 Å². The van der Waals surface area contributed by atoms with Crippen LogP contribution in [0.3, 0.4) is 0 Å². The summed E-state index contributed by atoms with van der Waals surface area (Å²) in [4.78, 5) is 8.15.